The molecule has 7 heteroatoms. The first kappa shape index (κ1) is 36.9. The molecule has 0 bridgehead atoms. The van der Waals surface area contributed by atoms with E-state index in [0.29, 0.717) is 33.5 Å². The first-order valence-electron chi connectivity index (χ1n) is 13.1. The maximum absolute atomic E-state index is 11.4. The molecule has 2 rings (SSSR count). The van der Waals surface area contributed by atoms with Crippen LogP contribution >= 0.6 is 0 Å². The Morgan fingerprint density at radius 1 is 0.459 bits per heavy atom. The van der Waals surface area contributed by atoms with Gasteiger partial charge in [0.05, 0.1) is 0 Å². The van der Waals surface area contributed by atoms with Crippen molar-refractivity contribution in [2.45, 2.75) is 128 Å². The first-order chi connectivity index (χ1) is 16.5. The molecule has 2 atom stereocenters. The topological polar surface area (TPSA) is 80.3 Å². The predicted octanol–water partition coefficient (Wildman–Crippen LogP) is 8.21. The smallest absolute Gasteiger partial charge is 0.768 e. The van der Waals surface area contributed by atoms with E-state index < -0.39 is 22.2 Å². The van der Waals surface area contributed by atoms with Crippen LogP contribution in [0.5, 0.6) is 0 Å². The normalized spacial score (nSPS) is 13.3. The van der Waals surface area contributed by atoms with Gasteiger partial charge in [0, 0.05) is 9.79 Å². The Balaban J connectivity index is 0.000000682. The zero-order valence-corrected chi connectivity index (χ0v) is 28.8. The molecule has 0 aliphatic carbocycles. The molecule has 204 valence electrons. The van der Waals surface area contributed by atoms with Crippen molar-refractivity contribution in [3.8, 4) is 0 Å². The largest absolute Gasteiger partial charge is 2.00 e. The molecule has 4 nitrogen and oxygen atoms in total. The van der Waals surface area contributed by atoms with Crippen LogP contribution in [0.1, 0.15) is 152 Å². The van der Waals surface area contributed by atoms with Crippen LogP contribution in [0.2, 0.25) is 0 Å². The summed E-state index contributed by atoms with van der Waals surface area (Å²) in [5.41, 5.74) is 6.93. The molecular weight excluding hydrogens is 529 g/mol. The molecule has 0 N–H and O–H groups in total. The summed E-state index contributed by atoms with van der Waals surface area (Å²) in [6.45, 7) is 25.4. The third-order valence-corrected chi connectivity index (χ3v) is 7.90. The molecule has 0 amide bonds. The SMILES string of the molecule is CC(C)c1ccc(S(=O)[O-])c(C(C)C)c1C(C)C.CC(C)c1ccc(S(=O)[O-])c(C(C)C)c1C(C)C.[Ca+2]. The molecule has 37 heavy (non-hydrogen) atoms. The summed E-state index contributed by atoms with van der Waals surface area (Å²) in [7, 11) is 0. The van der Waals surface area contributed by atoms with E-state index in [2.05, 4.69) is 83.1 Å². The van der Waals surface area contributed by atoms with Crippen molar-refractivity contribution >= 4 is 59.9 Å². The monoisotopic (exact) mass is 574 g/mol. The quantitative estimate of drug-likeness (QED) is 0.235. The third kappa shape index (κ3) is 9.51. The molecule has 2 unspecified atom stereocenters. The molecule has 0 spiro atoms. The van der Waals surface area contributed by atoms with Crippen LogP contribution in [0.3, 0.4) is 0 Å². The van der Waals surface area contributed by atoms with Crippen molar-refractivity contribution in [2.24, 2.45) is 0 Å². The van der Waals surface area contributed by atoms with Gasteiger partial charge in [-0.15, -0.1) is 0 Å². The Morgan fingerprint density at radius 2 is 0.703 bits per heavy atom. The van der Waals surface area contributed by atoms with Gasteiger partial charge in [0.2, 0.25) is 0 Å². The number of rotatable bonds is 8. The molecule has 2 aromatic carbocycles. The van der Waals surface area contributed by atoms with Gasteiger partial charge in [0.25, 0.3) is 0 Å². The van der Waals surface area contributed by atoms with Gasteiger partial charge >= 0.3 is 37.7 Å². The molecule has 0 saturated carbocycles. The predicted molar refractivity (Wildman–Crippen MR) is 158 cm³/mol. The number of hydrogen-bond acceptors (Lipinski definition) is 4. The van der Waals surface area contributed by atoms with Gasteiger partial charge in [0.15, 0.2) is 0 Å². The van der Waals surface area contributed by atoms with Gasteiger partial charge in [-0.2, -0.15) is 0 Å². The summed E-state index contributed by atoms with van der Waals surface area (Å²) in [6, 6.07) is 7.44. The zero-order chi connectivity index (χ0) is 28.1. The molecule has 0 fully saturated rings. The zero-order valence-electron chi connectivity index (χ0n) is 24.9. The van der Waals surface area contributed by atoms with Crippen molar-refractivity contribution in [1.82, 2.24) is 0 Å². The molecule has 0 radical (unpaired) electrons. The molecule has 0 aliphatic heterocycles. The molecule has 2 aromatic rings. The van der Waals surface area contributed by atoms with E-state index in [-0.39, 0.29) is 49.6 Å². The molecule has 0 saturated heterocycles. The second-order valence-corrected chi connectivity index (χ2v) is 13.2. The fraction of sp³-hybridized carbons (Fsp3) is 0.600. The Hall–Kier alpha value is -0.0803. The van der Waals surface area contributed by atoms with Gasteiger partial charge in [-0.3, -0.25) is 8.42 Å². The summed E-state index contributed by atoms with van der Waals surface area (Å²) in [5.74, 6) is 1.93. The molecule has 0 heterocycles. The van der Waals surface area contributed by atoms with Crippen molar-refractivity contribution in [1.29, 1.82) is 0 Å². The van der Waals surface area contributed by atoms with Gasteiger partial charge in [-0.25, -0.2) is 0 Å². The van der Waals surface area contributed by atoms with Gasteiger partial charge in [-0.1, -0.05) is 95.2 Å². The summed E-state index contributed by atoms with van der Waals surface area (Å²) >= 11 is -4.32. The Kier molecular flexibility index (Phi) is 16.2. The van der Waals surface area contributed by atoms with E-state index in [1.54, 1.807) is 12.1 Å². The summed E-state index contributed by atoms with van der Waals surface area (Å²) in [5, 5.41) is 0. The standard InChI is InChI=1S/2C15H24O2S.Ca/c2*1-9(2)12-7-8-13(18(16)17)15(11(5)6)14(12)10(3)4;/h2*7-11H,1-6H3,(H,16,17);/q;;+2/p-2. The van der Waals surface area contributed by atoms with E-state index in [0.717, 1.165) is 11.1 Å². The summed E-state index contributed by atoms with van der Waals surface area (Å²) in [4.78, 5) is 0.913. The van der Waals surface area contributed by atoms with Crippen molar-refractivity contribution < 1.29 is 17.5 Å². The van der Waals surface area contributed by atoms with Crippen LogP contribution in [-0.2, 0) is 22.2 Å². The fourth-order valence-electron chi connectivity index (χ4n) is 5.04. The van der Waals surface area contributed by atoms with Crippen LogP contribution in [0.25, 0.3) is 0 Å². The average Bonchev–Trinajstić information content (AvgIpc) is 2.76. The van der Waals surface area contributed by atoms with Gasteiger partial charge in [-0.05, 0) is 103 Å². The minimum atomic E-state index is -2.16. The Labute approximate surface area is 261 Å². The van der Waals surface area contributed by atoms with Crippen molar-refractivity contribution in [3.63, 3.8) is 0 Å². The maximum Gasteiger partial charge on any atom is 2.00 e. The van der Waals surface area contributed by atoms with Crippen LogP contribution in [0.4, 0.5) is 0 Å². The summed E-state index contributed by atoms with van der Waals surface area (Å²) < 4.78 is 45.5. The molecule has 0 aromatic heterocycles. The summed E-state index contributed by atoms with van der Waals surface area (Å²) in [6.07, 6.45) is 0. The van der Waals surface area contributed by atoms with Crippen molar-refractivity contribution in [2.75, 3.05) is 0 Å². The second-order valence-electron chi connectivity index (χ2n) is 11.4. The Morgan fingerprint density at radius 3 is 0.865 bits per heavy atom. The van der Waals surface area contributed by atoms with Crippen LogP contribution in [-0.4, -0.2) is 55.3 Å². The number of hydrogen-bond donors (Lipinski definition) is 0. The maximum atomic E-state index is 11.4. The van der Waals surface area contributed by atoms with Gasteiger partial charge < -0.3 is 9.11 Å². The molecule has 0 aliphatic rings. The average molecular weight is 575 g/mol. The number of benzene rings is 2. The van der Waals surface area contributed by atoms with Crippen LogP contribution in [0.15, 0.2) is 34.1 Å². The van der Waals surface area contributed by atoms with E-state index in [1.165, 1.54) is 22.3 Å². The minimum Gasteiger partial charge on any atom is -0.768 e. The van der Waals surface area contributed by atoms with Crippen LogP contribution in [0, 0.1) is 0 Å². The first-order valence-corrected chi connectivity index (χ1v) is 15.2. The van der Waals surface area contributed by atoms with Gasteiger partial charge in [0.1, 0.15) is 0 Å². The van der Waals surface area contributed by atoms with E-state index >= 15 is 0 Å². The third-order valence-electron chi connectivity index (χ3n) is 6.47. The Bertz CT molecular complexity index is 988. The van der Waals surface area contributed by atoms with E-state index in [4.69, 9.17) is 0 Å². The van der Waals surface area contributed by atoms with E-state index in [1.807, 2.05) is 12.1 Å². The fourth-order valence-corrected chi connectivity index (χ4v) is 6.45. The minimum absolute atomic E-state index is 0. The van der Waals surface area contributed by atoms with Crippen molar-refractivity contribution in [3.05, 3.63) is 57.6 Å². The molecular formula is C30H46CaO4S2. The second kappa shape index (κ2) is 16.2. The van der Waals surface area contributed by atoms with E-state index in [9.17, 15) is 17.5 Å². The van der Waals surface area contributed by atoms with Crippen LogP contribution < -0.4 is 0 Å².